The normalized spacial score (nSPS) is 14.5. The molecule has 0 saturated carbocycles. The highest BCUT2D eigenvalue weighted by atomic mass is 32.2. The number of hydrogen-bond acceptors (Lipinski definition) is 4. The van der Waals surface area contributed by atoms with Gasteiger partial charge in [-0.1, -0.05) is 48.2 Å². The van der Waals surface area contributed by atoms with Crippen molar-refractivity contribution in [3.8, 4) is 17.1 Å². The van der Waals surface area contributed by atoms with Gasteiger partial charge in [-0.15, -0.1) is 0 Å². The Balaban J connectivity index is 1.92. The van der Waals surface area contributed by atoms with Crippen molar-refractivity contribution in [2.45, 2.75) is 13.8 Å². The zero-order chi connectivity index (χ0) is 16.5. The van der Waals surface area contributed by atoms with Crippen molar-refractivity contribution in [2.75, 3.05) is 10.9 Å². The van der Waals surface area contributed by atoms with Gasteiger partial charge in [0.15, 0.2) is 5.69 Å². The molecule has 24 heavy (non-hydrogen) atoms. The topological polar surface area (TPSA) is 37.8 Å². The highest BCUT2D eigenvalue weighted by Crippen LogP contribution is 2.30. The first-order valence-electron chi connectivity index (χ1n) is 7.82. The van der Waals surface area contributed by atoms with E-state index in [9.17, 15) is 0 Å². The lowest BCUT2D eigenvalue weighted by Crippen LogP contribution is -2.52. The molecule has 4 rings (SSSR count). The quantitative estimate of drug-likeness (QED) is 0.689. The van der Waals surface area contributed by atoms with Crippen LogP contribution >= 0.6 is 11.8 Å². The fourth-order valence-corrected chi connectivity index (χ4v) is 3.62. The summed E-state index contributed by atoms with van der Waals surface area (Å²) in [4.78, 5) is 5.23. The Morgan fingerprint density at radius 1 is 0.958 bits per heavy atom. The second kappa shape index (κ2) is 6.13. The monoisotopic (exact) mass is 336 g/mol. The Morgan fingerprint density at radius 2 is 1.62 bits per heavy atom. The Kier molecular flexibility index (Phi) is 3.82. The number of rotatable bonds is 3. The van der Waals surface area contributed by atoms with Crippen molar-refractivity contribution in [1.29, 1.82) is 0 Å². The van der Waals surface area contributed by atoms with E-state index in [2.05, 4.69) is 46.1 Å². The predicted octanol–water partition coefficient (Wildman–Crippen LogP) is 3.12. The number of aromatic nitrogens is 4. The molecule has 2 aromatic carbocycles. The minimum atomic E-state index is 0.828. The van der Waals surface area contributed by atoms with Gasteiger partial charge < -0.3 is 0 Å². The summed E-state index contributed by atoms with van der Waals surface area (Å²) >= 11 is 1.84. The van der Waals surface area contributed by atoms with Crippen molar-refractivity contribution in [3.05, 3.63) is 71.3 Å². The molecule has 6 heteroatoms. The minimum Gasteiger partial charge on any atom is -0.180 e. The molecule has 0 radical (unpaired) electrons. The van der Waals surface area contributed by atoms with E-state index in [0.29, 0.717) is 0 Å². The average Bonchev–Trinajstić information content (AvgIpc) is 3.21. The molecule has 0 unspecified atom stereocenters. The molecule has 0 aliphatic carbocycles. The van der Waals surface area contributed by atoms with Gasteiger partial charge >= 0.3 is 5.82 Å². The van der Waals surface area contributed by atoms with E-state index in [1.54, 1.807) is 0 Å². The zero-order valence-corrected chi connectivity index (χ0v) is 14.4. The number of tetrazole rings is 1. The van der Waals surface area contributed by atoms with Gasteiger partial charge in [0.05, 0.1) is 5.21 Å². The van der Waals surface area contributed by atoms with Crippen LogP contribution in [0.15, 0.2) is 71.3 Å². The summed E-state index contributed by atoms with van der Waals surface area (Å²) < 4.78 is 0. The Morgan fingerprint density at radius 3 is 2.25 bits per heavy atom. The molecule has 0 amide bonds. The fourth-order valence-electron chi connectivity index (χ4n) is 2.69. The molecular formula is C18H18N5S+. The fraction of sp³-hybridized carbons (Fsp3) is 0.167. The smallest absolute Gasteiger partial charge is 0.180 e. The predicted molar refractivity (Wildman–Crippen MR) is 96.0 cm³/mol. The lowest BCUT2D eigenvalue weighted by Gasteiger charge is -2.16. The lowest BCUT2D eigenvalue weighted by molar-refractivity contribution is -0.741. The van der Waals surface area contributed by atoms with Gasteiger partial charge in [0.1, 0.15) is 11.6 Å². The highest BCUT2D eigenvalue weighted by Gasteiger charge is 2.32. The first-order valence-corrected chi connectivity index (χ1v) is 8.81. The molecule has 5 nitrogen and oxygen atoms in total. The first kappa shape index (κ1) is 15.0. The molecule has 0 atom stereocenters. The van der Waals surface area contributed by atoms with Crippen LogP contribution in [0.25, 0.3) is 17.1 Å². The summed E-state index contributed by atoms with van der Waals surface area (Å²) in [5.41, 5.74) is 3.25. The van der Waals surface area contributed by atoms with Gasteiger partial charge in [-0.3, -0.25) is 0 Å². The third-order valence-electron chi connectivity index (χ3n) is 4.14. The molecule has 1 aromatic heterocycles. The van der Waals surface area contributed by atoms with Crippen LogP contribution < -0.4 is 9.81 Å². The van der Waals surface area contributed by atoms with E-state index < -0.39 is 0 Å². The maximum atomic E-state index is 4.47. The number of hydrogen-bond donors (Lipinski definition) is 0. The molecular weight excluding hydrogens is 318 g/mol. The third kappa shape index (κ3) is 2.49. The van der Waals surface area contributed by atoms with Crippen molar-refractivity contribution < 1.29 is 4.80 Å². The van der Waals surface area contributed by atoms with Crippen LogP contribution in [0.3, 0.4) is 0 Å². The molecule has 0 spiro atoms. The molecule has 1 aliphatic heterocycles. The van der Waals surface area contributed by atoms with Crippen LogP contribution in [0.1, 0.15) is 13.8 Å². The van der Waals surface area contributed by atoms with Crippen LogP contribution in [0.2, 0.25) is 0 Å². The van der Waals surface area contributed by atoms with Gasteiger partial charge in [-0.2, -0.15) is 5.01 Å². The van der Waals surface area contributed by atoms with Crippen LogP contribution in [0.5, 0.6) is 0 Å². The molecule has 1 aliphatic rings. The summed E-state index contributed by atoms with van der Waals surface area (Å²) in [6.07, 6.45) is 0. The van der Waals surface area contributed by atoms with E-state index in [-0.39, 0.29) is 0 Å². The maximum absolute atomic E-state index is 4.47. The summed E-state index contributed by atoms with van der Waals surface area (Å²) in [6, 6.07) is 20.3. The molecule has 0 N–H and O–H groups in total. The van der Waals surface area contributed by atoms with Gasteiger partial charge in [0.2, 0.25) is 0 Å². The third-order valence-corrected chi connectivity index (χ3v) is 5.24. The van der Waals surface area contributed by atoms with Crippen molar-refractivity contribution >= 4 is 11.8 Å². The molecule has 3 aromatic rings. The second-order valence-corrected chi connectivity index (χ2v) is 6.77. The molecule has 120 valence electrons. The summed E-state index contributed by atoms with van der Waals surface area (Å²) in [7, 11) is 0. The maximum Gasteiger partial charge on any atom is 0.306 e. The summed E-state index contributed by atoms with van der Waals surface area (Å²) in [5, 5.41) is 11.1. The summed E-state index contributed by atoms with van der Waals surface area (Å²) in [6.45, 7) is 4.29. The Hall–Kier alpha value is -2.60. The number of benzene rings is 2. The molecule has 0 saturated heterocycles. The van der Waals surface area contributed by atoms with Crippen LogP contribution in [0, 0.1) is 0 Å². The molecule has 2 heterocycles. The van der Waals surface area contributed by atoms with Crippen molar-refractivity contribution in [2.24, 2.45) is 0 Å². The van der Waals surface area contributed by atoms with Gasteiger partial charge in [-0.05, 0) is 47.7 Å². The second-order valence-electron chi connectivity index (χ2n) is 5.61. The van der Waals surface area contributed by atoms with E-state index in [4.69, 9.17) is 0 Å². The summed E-state index contributed by atoms with van der Waals surface area (Å²) in [5.74, 6) is 1.68. The van der Waals surface area contributed by atoms with Crippen LogP contribution in [-0.4, -0.2) is 21.0 Å². The number of nitrogens with zero attached hydrogens (tertiary/aromatic N) is 5. The van der Waals surface area contributed by atoms with Gasteiger partial charge in [-0.25, -0.2) is 0 Å². The van der Waals surface area contributed by atoms with Gasteiger partial charge in [0.25, 0.3) is 0 Å². The lowest BCUT2D eigenvalue weighted by atomic mass is 10.2. The zero-order valence-electron chi connectivity index (χ0n) is 13.6. The van der Waals surface area contributed by atoms with E-state index >= 15 is 0 Å². The van der Waals surface area contributed by atoms with E-state index in [0.717, 1.165) is 23.0 Å². The number of para-hydroxylation sites is 1. The SMILES string of the molecule is CC1=C(C)N(n2c(-c3ccccc3)nn[n+]2-c2ccccc2)CS1. The van der Waals surface area contributed by atoms with Crippen LogP contribution in [0.4, 0.5) is 0 Å². The largest absolute Gasteiger partial charge is 0.306 e. The van der Waals surface area contributed by atoms with Crippen LogP contribution in [-0.2, 0) is 0 Å². The Labute approximate surface area is 145 Å². The van der Waals surface area contributed by atoms with Gasteiger partial charge in [0, 0.05) is 15.6 Å². The number of thioether (sulfide) groups is 1. The van der Waals surface area contributed by atoms with E-state index in [1.807, 2.05) is 65.1 Å². The first-order chi connectivity index (χ1) is 11.8. The van der Waals surface area contributed by atoms with E-state index in [1.165, 1.54) is 10.6 Å². The Bertz CT molecular complexity index is 829. The standard InChI is InChI=1S/C18H18N5S/c1-14-15(2)24-13-21(14)23-18(16-9-5-3-6-10-16)19-20-22(23)17-11-7-4-8-12-17/h3-12H,13H2,1-2H3/q+1. The van der Waals surface area contributed by atoms with Crippen molar-refractivity contribution in [1.82, 2.24) is 15.1 Å². The molecule has 0 fully saturated rings. The average molecular weight is 336 g/mol. The minimum absolute atomic E-state index is 0.828. The number of allylic oxidation sites excluding steroid dienone is 2. The van der Waals surface area contributed by atoms with Crippen molar-refractivity contribution in [3.63, 3.8) is 0 Å². The highest BCUT2D eigenvalue weighted by molar-refractivity contribution is 8.03. The molecule has 0 bridgehead atoms.